The molecule has 0 heterocycles. The Morgan fingerprint density at radius 1 is 1.15 bits per heavy atom. The van der Waals surface area contributed by atoms with Crippen LogP contribution in [0.4, 0.5) is 13.2 Å². The van der Waals surface area contributed by atoms with Crippen LogP contribution in [-0.2, 0) is 0 Å². The summed E-state index contributed by atoms with van der Waals surface area (Å²) in [6.45, 7) is 2.71. The lowest BCUT2D eigenvalue weighted by molar-refractivity contribution is -0.135. The van der Waals surface area contributed by atoms with Gasteiger partial charge in [-0.1, -0.05) is 29.8 Å². The molecule has 1 unspecified atom stereocenters. The van der Waals surface area contributed by atoms with Crippen molar-refractivity contribution < 1.29 is 13.2 Å². The normalized spacial score (nSPS) is 17.2. The minimum Gasteiger partial charge on any atom is -0.310 e. The van der Waals surface area contributed by atoms with Crippen LogP contribution in [0.1, 0.15) is 49.3 Å². The minimum atomic E-state index is -4.02. The Bertz CT molecular complexity index is 407. The highest BCUT2D eigenvalue weighted by atomic mass is 19.4. The molecule has 0 amide bonds. The maximum Gasteiger partial charge on any atom is 0.389 e. The molecule has 20 heavy (non-hydrogen) atoms. The number of benzene rings is 1. The third-order valence-electron chi connectivity index (χ3n) is 3.78. The van der Waals surface area contributed by atoms with Crippen LogP contribution >= 0.6 is 0 Å². The monoisotopic (exact) mass is 285 g/mol. The van der Waals surface area contributed by atoms with Crippen molar-refractivity contribution in [3.05, 3.63) is 35.4 Å². The van der Waals surface area contributed by atoms with Gasteiger partial charge in [0.2, 0.25) is 0 Å². The summed E-state index contributed by atoms with van der Waals surface area (Å²) in [4.78, 5) is 0. The largest absolute Gasteiger partial charge is 0.389 e. The summed E-state index contributed by atoms with van der Waals surface area (Å²) in [5.74, 6) is 0.653. The molecule has 1 aromatic carbocycles. The first-order chi connectivity index (χ1) is 9.46. The molecule has 0 aromatic heterocycles. The number of nitrogens with one attached hydrogen (secondary N) is 1. The van der Waals surface area contributed by atoms with E-state index in [1.165, 1.54) is 24.0 Å². The molecular weight excluding hydrogens is 263 g/mol. The Morgan fingerprint density at radius 2 is 1.80 bits per heavy atom. The van der Waals surface area contributed by atoms with Crippen LogP contribution in [0.25, 0.3) is 0 Å². The van der Waals surface area contributed by atoms with Crippen LogP contribution in [-0.4, -0.2) is 12.7 Å². The van der Waals surface area contributed by atoms with E-state index in [-0.39, 0.29) is 6.42 Å². The smallest absolute Gasteiger partial charge is 0.310 e. The minimum absolute atomic E-state index is 0.210. The first-order valence-electron chi connectivity index (χ1n) is 7.32. The van der Waals surface area contributed by atoms with Gasteiger partial charge < -0.3 is 5.32 Å². The molecule has 1 atom stereocenters. The van der Waals surface area contributed by atoms with Gasteiger partial charge in [-0.3, -0.25) is 0 Å². The third kappa shape index (κ3) is 5.16. The predicted molar refractivity (Wildman–Crippen MR) is 74.6 cm³/mol. The Hall–Kier alpha value is -1.03. The van der Waals surface area contributed by atoms with Crippen LogP contribution < -0.4 is 5.32 Å². The van der Waals surface area contributed by atoms with Gasteiger partial charge in [0, 0.05) is 12.5 Å². The fourth-order valence-electron chi connectivity index (χ4n) is 2.47. The van der Waals surface area contributed by atoms with Gasteiger partial charge in [-0.05, 0) is 50.6 Å². The van der Waals surface area contributed by atoms with E-state index in [9.17, 15) is 13.2 Å². The maximum absolute atomic E-state index is 12.1. The number of hydrogen-bond acceptors (Lipinski definition) is 1. The average molecular weight is 285 g/mol. The second-order valence-corrected chi connectivity index (χ2v) is 5.75. The summed E-state index contributed by atoms with van der Waals surface area (Å²) in [7, 11) is 0. The summed E-state index contributed by atoms with van der Waals surface area (Å²) < 4.78 is 36.2. The molecule has 0 aliphatic heterocycles. The van der Waals surface area contributed by atoms with Crippen molar-refractivity contribution in [3.63, 3.8) is 0 Å². The lowest BCUT2D eigenvalue weighted by Crippen LogP contribution is -2.24. The molecule has 0 saturated heterocycles. The quantitative estimate of drug-likeness (QED) is 0.712. The standard InChI is InChI=1S/C16H22F3N/c1-12-4-6-13(7-5-12)15(14-8-9-14)20-11-3-2-10-16(17,18)19/h4-7,14-15,20H,2-3,8-11H2,1H3. The van der Waals surface area contributed by atoms with Gasteiger partial charge >= 0.3 is 6.18 Å². The number of unbranched alkanes of at least 4 members (excludes halogenated alkanes) is 1. The summed E-state index contributed by atoms with van der Waals surface area (Å²) in [6, 6.07) is 8.75. The second kappa shape index (κ2) is 6.61. The molecule has 1 N–H and O–H groups in total. The molecule has 0 spiro atoms. The Balaban J connectivity index is 1.77. The molecule has 0 bridgehead atoms. The van der Waals surface area contributed by atoms with Gasteiger partial charge in [0.1, 0.15) is 0 Å². The van der Waals surface area contributed by atoms with E-state index in [0.29, 0.717) is 24.9 Å². The zero-order valence-electron chi connectivity index (χ0n) is 11.8. The summed E-state index contributed by atoms with van der Waals surface area (Å²) in [5, 5.41) is 3.44. The third-order valence-corrected chi connectivity index (χ3v) is 3.78. The van der Waals surface area contributed by atoms with E-state index >= 15 is 0 Å². The van der Waals surface area contributed by atoms with Crippen LogP contribution in [0.2, 0.25) is 0 Å². The second-order valence-electron chi connectivity index (χ2n) is 5.75. The topological polar surface area (TPSA) is 12.0 Å². The molecule has 1 fully saturated rings. The van der Waals surface area contributed by atoms with Gasteiger partial charge in [-0.15, -0.1) is 0 Å². The van der Waals surface area contributed by atoms with Crippen molar-refractivity contribution in [1.82, 2.24) is 5.32 Å². The van der Waals surface area contributed by atoms with Crippen molar-refractivity contribution in [3.8, 4) is 0 Å². The Kier molecular flexibility index (Phi) is 5.08. The first-order valence-corrected chi connectivity index (χ1v) is 7.32. The first kappa shape index (κ1) is 15.4. The Morgan fingerprint density at radius 3 is 2.35 bits per heavy atom. The molecule has 112 valence electrons. The number of alkyl halides is 3. The van der Waals surface area contributed by atoms with E-state index in [2.05, 4.69) is 36.5 Å². The van der Waals surface area contributed by atoms with Crippen molar-refractivity contribution in [1.29, 1.82) is 0 Å². The molecule has 0 radical (unpaired) electrons. The average Bonchev–Trinajstić information content (AvgIpc) is 3.18. The van der Waals surface area contributed by atoms with Crippen LogP contribution in [0.15, 0.2) is 24.3 Å². The maximum atomic E-state index is 12.1. The highest BCUT2D eigenvalue weighted by Crippen LogP contribution is 2.41. The highest BCUT2D eigenvalue weighted by Gasteiger charge is 2.32. The fraction of sp³-hybridized carbons (Fsp3) is 0.625. The molecular formula is C16H22F3N. The summed E-state index contributed by atoms with van der Waals surface area (Å²) in [5.41, 5.74) is 2.49. The van der Waals surface area contributed by atoms with Crippen LogP contribution in [0, 0.1) is 12.8 Å². The summed E-state index contributed by atoms with van der Waals surface area (Å²) >= 11 is 0. The van der Waals surface area contributed by atoms with Crippen molar-refractivity contribution in [2.24, 2.45) is 5.92 Å². The van der Waals surface area contributed by atoms with Crippen molar-refractivity contribution in [2.45, 2.75) is 51.2 Å². The summed E-state index contributed by atoms with van der Waals surface area (Å²) in [6.07, 6.45) is -1.47. The SMILES string of the molecule is Cc1ccc(C(NCCCCC(F)(F)F)C2CC2)cc1. The molecule has 1 saturated carbocycles. The van der Waals surface area contributed by atoms with E-state index in [0.717, 1.165) is 0 Å². The lowest BCUT2D eigenvalue weighted by atomic mass is 10.0. The highest BCUT2D eigenvalue weighted by molar-refractivity contribution is 5.25. The molecule has 4 heteroatoms. The van der Waals surface area contributed by atoms with Crippen LogP contribution in [0.5, 0.6) is 0 Å². The molecule has 2 rings (SSSR count). The molecule has 1 aromatic rings. The molecule has 1 aliphatic carbocycles. The zero-order chi connectivity index (χ0) is 14.6. The number of rotatable bonds is 7. The zero-order valence-corrected chi connectivity index (χ0v) is 11.8. The van der Waals surface area contributed by atoms with Gasteiger partial charge in [-0.25, -0.2) is 0 Å². The van der Waals surface area contributed by atoms with Gasteiger partial charge in [0.05, 0.1) is 0 Å². The predicted octanol–water partition coefficient (Wildman–Crippen LogP) is 4.77. The Labute approximate surface area is 118 Å². The van der Waals surface area contributed by atoms with Gasteiger partial charge in [0.25, 0.3) is 0 Å². The fourth-order valence-corrected chi connectivity index (χ4v) is 2.47. The van der Waals surface area contributed by atoms with E-state index in [4.69, 9.17) is 0 Å². The molecule has 1 nitrogen and oxygen atoms in total. The lowest BCUT2D eigenvalue weighted by Gasteiger charge is -2.19. The van der Waals surface area contributed by atoms with Crippen LogP contribution in [0.3, 0.4) is 0 Å². The van der Waals surface area contributed by atoms with Gasteiger partial charge in [-0.2, -0.15) is 13.2 Å². The van der Waals surface area contributed by atoms with Gasteiger partial charge in [0.15, 0.2) is 0 Å². The number of aryl methyl sites for hydroxylation is 1. The van der Waals surface area contributed by atoms with Crippen molar-refractivity contribution in [2.75, 3.05) is 6.54 Å². The van der Waals surface area contributed by atoms with E-state index < -0.39 is 12.6 Å². The van der Waals surface area contributed by atoms with E-state index in [1.807, 2.05) is 0 Å². The van der Waals surface area contributed by atoms with E-state index in [1.54, 1.807) is 0 Å². The number of halogens is 3. The number of hydrogen-bond donors (Lipinski definition) is 1. The molecule has 1 aliphatic rings. The van der Waals surface area contributed by atoms with Crippen molar-refractivity contribution >= 4 is 0 Å².